The number of aromatic nitrogens is 1. The van der Waals surface area contributed by atoms with E-state index in [2.05, 4.69) is 26.2 Å². The van der Waals surface area contributed by atoms with E-state index in [1.165, 1.54) is 0 Å². The van der Waals surface area contributed by atoms with Gasteiger partial charge in [0.05, 0.1) is 13.5 Å². The van der Waals surface area contributed by atoms with E-state index in [4.69, 9.17) is 4.74 Å². The first-order valence-electron chi connectivity index (χ1n) is 6.18. The van der Waals surface area contributed by atoms with Gasteiger partial charge in [0.1, 0.15) is 0 Å². The van der Waals surface area contributed by atoms with Crippen molar-refractivity contribution in [2.24, 2.45) is 0 Å². The van der Waals surface area contributed by atoms with Crippen LogP contribution in [0.3, 0.4) is 0 Å². The Kier molecular flexibility index (Phi) is 5.12. The van der Waals surface area contributed by atoms with E-state index in [9.17, 15) is 4.79 Å². The second-order valence-electron chi connectivity index (χ2n) is 4.25. The zero-order valence-corrected chi connectivity index (χ0v) is 12.7. The number of rotatable bonds is 5. The minimum absolute atomic E-state index is 0.0294. The summed E-state index contributed by atoms with van der Waals surface area (Å²) in [6.07, 6.45) is 2.02. The molecular weight excluding hydrogens is 320 g/mol. The molecule has 0 aliphatic heterocycles. The Hall–Kier alpha value is -1.88. The van der Waals surface area contributed by atoms with Crippen LogP contribution in [0.2, 0.25) is 0 Å². The molecule has 2 aromatic rings. The Morgan fingerprint density at radius 3 is 2.75 bits per heavy atom. The lowest BCUT2D eigenvalue weighted by Gasteiger charge is -2.08. The Balaban J connectivity index is 1.90. The lowest BCUT2D eigenvalue weighted by Crippen LogP contribution is -2.24. The molecule has 0 unspecified atom stereocenters. The zero-order chi connectivity index (χ0) is 14.4. The molecule has 1 aromatic carbocycles. The Morgan fingerprint density at radius 1 is 1.30 bits per heavy atom. The molecule has 0 saturated carbocycles. The van der Waals surface area contributed by atoms with Gasteiger partial charge in [-0.15, -0.1) is 0 Å². The summed E-state index contributed by atoms with van der Waals surface area (Å²) in [4.78, 5) is 16.0. The molecule has 5 heteroatoms. The number of hydrogen-bond acceptors (Lipinski definition) is 3. The summed E-state index contributed by atoms with van der Waals surface area (Å²) in [6, 6.07) is 11.4. The fourth-order valence-corrected chi connectivity index (χ4v) is 2.05. The van der Waals surface area contributed by atoms with Gasteiger partial charge in [-0.3, -0.25) is 4.79 Å². The number of nitrogens with one attached hydrogen (secondary N) is 1. The van der Waals surface area contributed by atoms with Crippen molar-refractivity contribution in [2.75, 3.05) is 7.11 Å². The van der Waals surface area contributed by atoms with Crippen molar-refractivity contribution in [1.82, 2.24) is 10.3 Å². The van der Waals surface area contributed by atoms with Gasteiger partial charge in [-0.25, -0.2) is 4.98 Å². The van der Waals surface area contributed by atoms with Crippen LogP contribution in [0.25, 0.3) is 0 Å². The van der Waals surface area contributed by atoms with E-state index in [0.717, 1.165) is 15.6 Å². The maximum absolute atomic E-state index is 11.9. The molecule has 0 spiro atoms. The van der Waals surface area contributed by atoms with E-state index in [1.807, 2.05) is 36.4 Å². The first-order chi connectivity index (χ1) is 9.69. The maximum atomic E-state index is 11.9. The van der Waals surface area contributed by atoms with E-state index in [0.29, 0.717) is 18.8 Å². The monoisotopic (exact) mass is 334 g/mol. The number of carbonyl (C=O) groups excluding carboxylic acids is 1. The maximum Gasteiger partial charge on any atom is 0.224 e. The lowest BCUT2D eigenvalue weighted by atomic mass is 10.1. The summed E-state index contributed by atoms with van der Waals surface area (Å²) >= 11 is 3.37. The van der Waals surface area contributed by atoms with Gasteiger partial charge in [0, 0.05) is 22.8 Å². The Morgan fingerprint density at radius 2 is 2.05 bits per heavy atom. The molecule has 20 heavy (non-hydrogen) atoms. The molecule has 1 heterocycles. The average molecular weight is 335 g/mol. The van der Waals surface area contributed by atoms with Crippen LogP contribution in [0.15, 0.2) is 47.1 Å². The zero-order valence-electron chi connectivity index (χ0n) is 11.1. The normalized spacial score (nSPS) is 10.1. The molecule has 1 aromatic heterocycles. The molecule has 0 aliphatic rings. The first-order valence-corrected chi connectivity index (χ1v) is 6.97. The van der Waals surface area contributed by atoms with Crippen LogP contribution in [-0.2, 0) is 17.8 Å². The third kappa shape index (κ3) is 4.06. The van der Waals surface area contributed by atoms with Crippen LogP contribution in [-0.4, -0.2) is 18.0 Å². The van der Waals surface area contributed by atoms with Gasteiger partial charge < -0.3 is 10.1 Å². The molecule has 0 aliphatic carbocycles. The number of carbonyl (C=O) groups is 1. The lowest BCUT2D eigenvalue weighted by molar-refractivity contribution is -0.120. The van der Waals surface area contributed by atoms with Crippen LogP contribution in [0.5, 0.6) is 5.88 Å². The summed E-state index contributed by atoms with van der Waals surface area (Å²) in [6.45, 7) is 0.409. The smallest absolute Gasteiger partial charge is 0.224 e. The average Bonchev–Trinajstić information content (AvgIpc) is 2.48. The number of ether oxygens (including phenoxy) is 1. The molecule has 0 bridgehead atoms. The summed E-state index contributed by atoms with van der Waals surface area (Å²) in [5.41, 5.74) is 1.84. The van der Waals surface area contributed by atoms with Crippen molar-refractivity contribution in [1.29, 1.82) is 0 Å². The topological polar surface area (TPSA) is 51.2 Å². The summed E-state index contributed by atoms with van der Waals surface area (Å²) in [5.74, 6) is 0.509. The van der Waals surface area contributed by atoms with Gasteiger partial charge in [-0.05, 0) is 23.8 Å². The Labute approximate surface area is 126 Å². The van der Waals surface area contributed by atoms with Crippen LogP contribution < -0.4 is 10.1 Å². The molecular formula is C15H15BrN2O2. The van der Waals surface area contributed by atoms with Crippen molar-refractivity contribution in [3.63, 3.8) is 0 Å². The van der Waals surface area contributed by atoms with Crippen molar-refractivity contribution in [3.05, 3.63) is 58.2 Å². The van der Waals surface area contributed by atoms with E-state index in [1.54, 1.807) is 13.3 Å². The number of hydrogen-bond donors (Lipinski definition) is 1. The van der Waals surface area contributed by atoms with E-state index in [-0.39, 0.29) is 5.91 Å². The predicted octanol–water partition coefficient (Wildman–Crippen LogP) is 2.71. The minimum atomic E-state index is -0.0294. The van der Waals surface area contributed by atoms with Crippen molar-refractivity contribution in [3.8, 4) is 5.88 Å². The second kappa shape index (κ2) is 7.05. The molecule has 4 nitrogen and oxygen atoms in total. The van der Waals surface area contributed by atoms with Crippen LogP contribution in [0, 0.1) is 0 Å². The fourth-order valence-electron chi connectivity index (χ4n) is 1.79. The quantitative estimate of drug-likeness (QED) is 0.914. The number of nitrogens with zero attached hydrogens (tertiary/aromatic N) is 1. The molecule has 104 valence electrons. The van der Waals surface area contributed by atoms with Gasteiger partial charge in [-0.1, -0.05) is 34.1 Å². The Bertz CT molecular complexity index is 585. The standard InChI is InChI=1S/C15H15BrN2O2/c1-20-15-12(3-2-8-17-15)10-18-14(19)9-11-4-6-13(16)7-5-11/h2-8H,9-10H2,1H3,(H,18,19). The number of amides is 1. The fraction of sp³-hybridized carbons (Fsp3) is 0.200. The molecule has 2 rings (SSSR count). The third-order valence-electron chi connectivity index (χ3n) is 2.80. The van der Waals surface area contributed by atoms with Crippen molar-refractivity contribution in [2.45, 2.75) is 13.0 Å². The van der Waals surface area contributed by atoms with E-state index >= 15 is 0 Å². The molecule has 1 N–H and O–H groups in total. The molecule has 1 amide bonds. The largest absolute Gasteiger partial charge is 0.481 e. The summed E-state index contributed by atoms with van der Waals surface area (Å²) < 4.78 is 6.14. The number of benzene rings is 1. The summed E-state index contributed by atoms with van der Waals surface area (Å²) in [5, 5.41) is 2.87. The number of methoxy groups -OCH3 is 1. The SMILES string of the molecule is COc1ncccc1CNC(=O)Cc1ccc(Br)cc1. The van der Waals surface area contributed by atoms with Gasteiger partial charge in [0.25, 0.3) is 0 Å². The van der Waals surface area contributed by atoms with Crippen LogP contribution >= 0.6 is 15.9 Å². The second-order valence-corrected chi connectivity index (χ2v) is 5.17. The van der Waals surface area contributed by atoms with Crippen molar-refractivity contribution >= 4 is 21.8 Å². The third-order valence-corrected chi connectivity index (χ3v) is 3.33. The molecule has 0 fully saturated rings. The minimum Gasteiger partial charge on any atom is -0.481 e. The van der Waals surface area contributed by atoms with Crippen molar-refractivity contribution < 1.29 is 9.53 Å². The van der Waals surface area contributed by atoms with Gasteiger partial charge in [-0.2, -0.15) is 0 Å². The highest BCUT2D eigenvalue weighted by molar-refractivity contribution is 9.10. The predicted molar refractivity (Wildman–Crippen MR) is 80.5 cm³/mol. The molecule has 0 atom stereocenters. The highest BCUT2D eigenvalue weighted by Crippen LogP contribution is 2.13. The van der Waals surface area contributed by atoms with Gasteiger partial charge >= 0.3 is 0 Å². The highest BCUT2D eigenvalue weighted by atomic mass is 79.9. The van der Waals surface area contributed by atoms with Gasteiger partial charge in [0.15, 0.2) is 0 Å². The van der Waals surface area contributed by atoms with Crippen LogP contribution in [0.1, 0.15) is 11.1 Å². The van der Waals surface area contributed by atoms with Gasteiger partial charge in [0.2, 0.25) is 11.8 Å². The summed E-state index contributed by atoms with van der Waals surface area (Å²) in [7, 11) is 1.56. The van der Waals surface area contributed by atoms with Crippen LogP contribution in [0.4, 0.5) is 0 Å². The number of halogens is 1. The molecule has 0 saturated heterocycles. The first kappa shape index (κ1) is 14.5. The van der Waals surface area contributed by atoms with E-state index < -0.39 is 0 Å². The number of pyridine rings is 1. The highest BCUT2D eigenvalue weighted by Gasteiger charge is 2.06. The molecule has 0 radical (unpaired) electrons.